The normalized spacial score (nSPS) is 15.6. The van der Waals surface area contributed by atoms with E-state index in [0.717, 1.165) is 21.8 Å². The van der Waals surface area contributed by atoms with Crippen LogP contribution < -0.4 is 5.32 Å². The van der Waals surface area contributed by atoms with Gasteiger partial charge in [0, 0.05) is 24.2 Å². The zero-order valence-corrected chi connectivity index (χ0v) is 15.2. The smallest absolute Gasteiger partial charge is 0.343 e. The van der Waals surface area contributed by atoms with Crippen LogP contribution in [0.4, 0.5) is 10.5 Å². The van der Waals surface area contributed by atoms with E-state index >= 15 is 0 Å². The van der Waals surface area contributed by atoms with Crippen LogP contribution in [0.15, 0.2) is 28.6 Å². The lowest BCUT2D eigenvalue weighted by atomic mass is 9.86. The van der Waals surface area contributed by atoms with Crippen molar-refractivity contribution in [2.24, 2.45) is 16.3 Å². The number of aryl methyl sites for hydroxylation is 1. The topological polar surface area (TPSA) is 90.1 Å². The first kappa shape index (κ1) is 18.9. The Bertz CT molecular complexity index is 638. The maximum atomic E-state index is 11.9. The van der Waals surface area contributed by atoms with E-state index in [1.807, 2.05) is 26.0 Å². The lowest BCUT2D eigenvalue weighted by Gasteiger charge is -2.21. The predicted molar refractivity (Wildman–Crippen MR) is 97.6 cm³/mol. The Labute approximate surface area is 148 Å². The standard InChI is InChI=1S/C18H27N5O2/c1-13-8-7-11-17(20-18(24)23(3)22-19)16(13)12-25-21-14(2)15-9-5-4-6-10-15/h7-8,11,15,19H,4-6,9-10,12H2,1-3H3,(H,20,24)/b21-14-,22-19?. The number of carbonyl (C=O) groups is 1. The number of carbonyl (C=O) groups excluding carboxylic acids is 1. The van der Waals surface area contributed by atoms with Crippen LogP contribution >= 0.6 is 0 Å². The molecule has 1 saturated carbocycles. The van der Waals surface area contributed by atoms with Crippen LogP contribution in [-0.4, -0.2) is 23.8 Å². The molecule has 0 aliphatic heterocycles. The molecule has 0 saturated heterocycles. The molecule has 2 N–H and O–H groups in total. The van der Waals surface area contributed by atoms with E-state index < -0.39 is 6.03 Å². The number of oxime groups is 1. The summed E-state index contributed by atoms with van der Waals surface area (Å²) in [5, 5.41) is 11.1. The maximum absolute atomic E-state index is 11.9. The highest BCUT2D eigenvalue weighted by atomic mass is 16.6. The quantitative estimate of drug-likeness (QED) is 0.437. The molecule has 1 aromatic carbocycles. The van der Waals surface area contributed by atoms with Gasteiger partial charge < -0.3 is 10.2 Å². The monoisotopic (exact) mass is 345 g/mol. The molecule has 0 spiro atoms. The van der Waals surface area contributed by atoms with Gasteiger partial charge in [-0.3, -0.25) is 0 Å². The number of nitrogens with zero attached hydrogens (tertiary/aromatic N) is 3. The number of anilines is 1. The van der Waals surface area contributed by atoms with Crippen molar-refractivity contribution in [2.75, 3.05) is 12.4 Å². The van der Waals surface area contributed by atoms with Gasteiger partial charge in [-0.25, -0.2) is 4.79 Å². The Morgan fingerprint density at radius 1 is 1.36 bits per heavy atom. The lowest BCUT2D eigenvalue weighted by molar-refractivity contribution is 0.128. The summed E-state index contributed by atoms with van der Waals surface area (Å²) in [5.74, 6) is 0.525. The molecular weight excluding hydrogens is 318 g/mol. The number of nitrogens with one attached hydrogen (secondary N) is 2. The van der Waals surface area contributed by atoms with Crippen LogP contribution in [0.5, 0.6) is 0 Å². The van der Waals surface area contributed by atoms with E-state index in [4.69, 9.17) is 10.4 Å². The largest absolute Gasteiger partial charge is 0.391 e. The summed E-state index contributed by atoms with van der Waals surface area (Å²) in [5.41, 5.74) is 10.5. The Morgan fingerprint density at radius 3 is 2.76 bits per heavy atom. The molecule has 0 atom stereocenters. The average molecular weight is 345 g/mol. The maximum Gasteiger partial charge on any atom is 0.343 e. The fourth-order valence-corrected chi connectivity index (χ4v) is 3.05. The van der Waals surface area contributed by atoms with E-state index in [-0.39, 0.29) is 6.61 Å². The van der Waals surface area contributed by atoms with E-state index in [9.17, 15) is 4.79 Å². The SMILES string of the molecule is C/C(=N/OCc1c(C)cccc1NC(=O)N(C)N=N)C1CCCCC1. The molecule has 0 bridgehead atoms. The zero-order chi connectivity index (χ0) is 18.2. The van der Waals surface area contributed by atoms with Gasteiger partial charge >= 0.3 is 6.03 Å². The molecule has 7 nitrogen and oxygen atoms in total. The average Bonchev–Trinajstić information content (AvgIpc) is 2.63. The van der Waals surface area contributed by atoms with Gasteiger partial charge in [-0.05, 0) is 38.3 Å². The highest BCUT2D eigenvalue weighted by Gasteiger charge is 2.17. The van der Waals surface area contributed by atoms with Crippen molar-refractivity contribution < 1.29 is 9.63 Å². The van der Waals surface area contributed by atoms with Gasteiger partial charge in [0.1, 0.15) is 6.61 Å². The van der Waals surface area contributed by atoms with Gasteiger partial charge in [0.05, 0.1) is 5.71 Å². The summed E-state index contributed by atoms with van der Waals surface area (Å²) >= 11 is 0. The Morgan fingerprint density at radius 2 is 2.08 bits per heavy atom. The van der Waals surface area contributed by atoms with Crippen LogP contribution in [0.25, 0.3) is 0 Å². The molecule has 0 unspecified atom stereocenters. The van der Waals surface area contributed by atoms with Crippen LogP contribution in [0.3, 0.4) is 0 Å². The number of hydrogen-bond acceptors (Lipinski definition) is 5. The number of amides is 2. The number of hydrogen-bond donors (Lipinski definition) is 2. The molecule has 0 radical (unpaired) electrons. The third kappa shape index (κ3) is 5.27. The second-order valence-electron chi connectivity index (χ2n) is 6.50. The van der Waals surface area contributed by atoms with Crippen molar-refractivity contribution >= 4 is 17.4 Å². The van der Waals surface area contributed by atoms with Crippen LogP contribution in [-0.2, 0) is 11.4 Å². The molecule has 2 amide bonds. The molecule has 25 heavy (non-hydrogen) atoms. The second-order valence-corrected chi connectivity index (χ2v) is 6.50. The first-order valence-corrected chi connectivity index (χ1v) is 8.70. The van der Waals surface area contributed by atoms with Gasteiger partial charge in [-0.2, -0.15) is 10.5 Å². The lowest BCUT2D eigenvalue weighted by Crippen LogP contribution is -2.26. The Kier molecular flexibility index (Phi) is 6.91. The van der Waals surface area contributed by atoms with Gasteiger partial charge in [-0.1, -0.05) is 41.8 Å². The Hall–Kier alpha value is -2.44. The van der Waals surface area contributed by atoms with Crippen LogP contribution in [0, 0.1) is 18.4 Å². The number of rotatable bonds is 6. The molecule has 1 fully saturated rings. The van der Waals surface area contributed by atoms with Crippen LogP contribution in [0.1, 0.15) is 50.2 Å². The minimum absolute atomic E-state index is 0.286. The summed E-state index contributed by atoms with van der Waals surface area (Å²) in [4.78, 5) is 17.5. The van der Waals surface area contributed by atoms with Crippen molar-refractivity contribution in [3.8, 4) is 0 Å². The predicted octanol–water partition coefficient (Wildman–Crippen LogP) is 4.88. The molecule has 1 aliphatic rings. The summed E-state index contributed by atoms with van der Waals surface area (Å²) in [6, 6.07) is 5.16. The van der Waals surface area contributed by atoms with Crippen molar-refractivity contribution in [2.45, 2.75) is 52.6 Å². The van der Waals surface area contributed by atoms with Crippen molar-refractivity contribution in [3.63, 3.8) is 0 Å². The Balaban J connectivity index is 2.03. The molecule has 0 heterocycles. The summed E-state index contributed by atoms with van der Waals surface area (Å²) in [7, 11) is 1.42. The second kappa shape index (κ2) is 9.15. The van der Waals surface area contributed by atoms with Crippen molar-refractivity contribution in [1.29, 1.82) is 5.53 Å². The molecule has 0 aromatic heterocycles. The zero-order valence-electron chi connectivity index (χ0n) is 15.2. The molecular formula is C18H27N5O2. The summed E-state index contributed by atoms with van der Waals surface area (Å²) in [6.45, 7) is 4.28. The van der Waals surface area contributed by atoms with Gasteiger partial charge in [0.15, 0.2) is 0 Å². The number of benzene rings is 1. The third-order valence-electron chi connectivity index (χ3n) is 4.71. The first-order chi connectivity index (χ1) is 12.0. The fraction of sp³-hybridized carbons (Fsp3) is 0.556. The summed E-state index contributed by atoms with van der Waals surface area (Å²) < 4.78 is 0. The highest BCUT2D eigenvalue weighted by molar-refractivity contribution is 5.90. The van der Waals surface area contributed by atoms with Crippen LogP contribution in [0.2, 0.25) is 0 Å². The number of urea groups is 1. The van der Waals surface area contributed by atoms with Gasteiger partial charge in [0.25, 0.3) is 0 Å². The van der Waals surface area contributed by atoms with Gasteiger partial charge in [-0.15, -0.1) is 0 Å². The minimum Gasteiger partial charge on any atom is -0.391 e. The molecule has 1 aromatic rings. The fourth-order valence-electron chi connectivity index (χ4n) is 3.05. The van der Waals surface area contributed by atoms with Gasteiger partial charge in [0.2, 0.25) is 0 Å². The molecule has 7 heteroatoms. The van der Waals surface area contributed by atoms with E-state index in [1.54, 1.807) is 6.07 Å². The van der Waals surface area contributed by atoms with E-state index in [1.165, 1.54) is 39.2 Å². The van der Waals surface area contributed by atoms with Crippen molar-refractivity contribution in [1.82, 2.24) is 5.01 Å². The first-order valence-electron chi connectivity index (χ1n) is 8.70. The van der Waals surface area contributed by atoms with Crippen molar-refractivity contribution in [3.05, 3.63) is 29.3 Å². The third-order valence-corrected chi connectivity index (χ3v) is 4.71. The molecule has 136 valence electrons. The molecule has 1 aliphatic carbocycles. The van der Waals surface area contributed by atoms with E-state index in [0.29, 0.717) is 11.6 Å². The summed E-state index contributed by atoms with van der Waals surface area (Å²) in [6.07, 6.45) is 6.22. The minimum atomic E-state index is -0.469. The van der Waals surface area contributed by atoms with E-state index in [2.05, 4.69) is 15.7 Å². The highest BCUT2D eigenvalue weighted by Crippen LogP contribution is 2.25. The molecule has 2 rings (SSSR count).